The van der Waals surface area contributed by atoms with Crippen molar-refractivity contribution in [3.05, 3.63) is 0 Å². The van der Waals surface area contributed by atoms with Crippen molar-refractivity contribution in [1.82, 2.24) is 5.12 Å². The van der Waals surface area contributed by atoms with Crippen molar-refractivity contribution in [1.29, 1.82) is 0 Å². The van der Waals surface area contributed by atoms with Gasteiger partial charge in [-0.3, -0.25) is 0 Å². The van der Waals surface area contributed by atoms with Crippen LogP contribution >= 0.6 is 0 Å². The highest BCUT2D eigenvalue weighted by Crippen LogP contribution is 2.45. The summed E-state index contributed by atoms with van der Waals surface area (Å²) in [5, 5.41) is -0.0502. The zero-order valence-corrected chi connectivity index (χ0v) is 12.6. The Morgan fingerprint density at radius 1 is 0.800 bits per heavy atom. The van der Waals surface area contributed by atoms with Crippen LogP contribution in [0.25, 0.3) is 0 Å². The quantitative estimate of drug-likeness (QED) is 0.433. The molecule has 2 fully saturated rings. The summed E-state index contributed by atoms with van der Waals surface area (Å²) >= 11 is 0. The van der Waals surface area contributed by atoms with Crippen molar-refractivity contribution in [3.63, 3.8) is 0 Å². The van der Waals surface area contributed by atoms with Crippen molar-refractivity contribution in [2.24, 2.45) is 5.92 Å². The first-order chi connectivity index (χ1) is 9.47. The molecule has 0 N–H and O–H groups in total. The van der Waals surface area contributed by atoms with Gasteiger partial charge in [-0.2, -0.15) is 8.78 Å². The minimum Gasteiger partial charge on any atom is -0.186 e. The summed E-state index contributed by atoms with van der Waals surface area (Å²) < 4.78 is 42.6. The lowest BCUT2D eigenvalue weighted by Crippen LogP contribution is -2.55. The van der Waals surface area contributed by atoms with E-state index in [0.29, 0.717) is 12.8 Å². The molecular weight excluding hydrogens is 263 g/mol. The molecule has 1 saturated carbocycles. The minimum atomic E-state index is -3.29. The molecule has 1 aliphatic heterocycles. The highest BCUT2D eigenvalue weighted by molar-refractivity contribution is 4.93. The topological polar surface area (TPSA) is 3.24 Å². The van der Waals surface area contributed by atoms with Gasteiger partial charge in [-0.15, -0.1) is 4.48 Å². The van der Waals surface area contributed by atoms with E-state index in [9.17, 15) is 13.3 Å². The molecule has 0 aromatic heterocycles. The van der Waals surface area contributed by atoms with Crippen molar-refractivity contribution in [2.45, 2.75) is 95.6 Å². The zero-order valence-electron chi connectivity index (χ0n) is 12.6. The summed E-state index contributed by atoms with van der Waals surface area (Å²) in [6.07, 6.45) is 9.77. The second kappa shape index (κ2) is 6.67. The largest absolute Gasteiger partial charge is 0.330 e. The molecule has 0 amide bonds. The van der Waals surface area contributed by atoms with Crippen molar-refractivity contribution < 1.29 is 13.3 Å². The van der Waals surface area contributed by atoms with Gasteiger partial charge in [-0.25, -0.2) is 0 Å². The van der Waals surface area contributed by atoms with Crippen LogP contribution in [-0.4, -0.2) is 16.7 Å². The third-order valence-corrected chi connectivity index (χ3v) is 5.38. The molecule has 20 heavy (non-hydrogen) atoms. The van der Waals surface area contributed by atoms with Gasteiger partial charge in [0.25, 0.3) is 0 Å². The molecule has 4 heteroatoms. The lowest BCUT2D eigenvalue weighted by Gasteiger charge is -2.46. The number of hydrogen-bond acceptors (Lipinski definition) is 1. The van der Waals surface area contributed by atoms with Crippen LogP contribution in [0.4, 0.5) is 13.3 Å². The van der Waals surface area contributed by atoms with E-state index in [-0.39, 0.29) is 17.5 Å². The predicted molar refractivity (Wildman–Crippen MR) is 75.2 cm³/mol. The Bertz CT molecular complexity index is 300. The molecule has 1 aliphatic carbocycles. The zero-order chi connectivity index (χ0) is 14.6. The van der Waals surface area contributed by atoms with Gasteiger partial charge in [0.1, 0.15) is 0 Å². The maximum Gasteiger partial charge on any atom is 0.330 e. The first-order valence-electron chi connectivity index (χ1n) is 8.31. The lowest BCUT2D eigenvalue weighted by molar-refractivity contribution is -0.299. The number of hydrogen-bond donors (Lipinski definition) is 0. The van der Waals surface area contributed by atoms with Gasteiger partial charge in [0.05, 0.1) is 5.54 Å². The average molecular weight is 291 g/mol. The van der Waals surface area contributed by atoms with Gasteiger partial charge >= 0.3 is 6.05 Å². The Balaban J connectivity index is 2.17. The van der Waals surface area contributed by atoms with Gasteiger partial charge < -0.3 is 0 Å². The van der Waals surface area contributed by atoms with Crippen LogP contribution in [0.2, 0.25) is 0 Å². The molecule has 1 atom stereocenters. The number of alkyl halides is 2. The highest BCUT2D eigenvalue weighted by atomic mass is 19.3. The van der Waals surface area contributed by atoms with Gasteiger partial charge in [0.15, 0.2) is 0 Å². The lowest BCUT2D eigenvalue weighted by atomic mass is 9.73. The van der Waals surface area contributed by atoms with E-state index in [4.69, 9.17) is 0 Å². The van der Waals surface area contributed by atoms with Crippen molar-refractivity contribution in [3.8, 4) is 0 Å². The van der Waals surface area contributed by atoms with Gasteiger partial charge in [0, 0.05) is 6.42 Å². The van der Waals surface area contributed by atoms with Crippen LogP contribution in [0.1, 0.15) is 84.0 Å². The molecule has 1 saturated heterocycles. The Kier molecular flexibility index (Phi) is 5.38. The van der Waals surface area contributed by atoms with E-state index in [1.807, 2.05) is 0 Å². The van der Waals surface area contributed by atoms with Crippen molar-refractivity contribution in [2.75, 3.05) is 0 Å². The molecule has 0 bridgehead atoms. The third-order valence-electron chi connectivity index (χ3n) is 5.38. The second-order valence-corrected chi connectivity index (χ2v) is 6.91. The van der Waals surface area contributed by atoms with Crippen LogP contribution < -0.4 is 0 Å². The van der Waals surface area contributed by atoms with E-state index in [1.54, 1.807) is 6.92 Å². The normalized spacial score (nSPS) is 34.8. The SMILES string of the molecule is CC1(C2CCCCCCC2)CCCCCC(F)(F)N1F. The summed E-state index contributed by atoms with van der Waals surface area (Å²) in [6.45, 7) is 1.73. The maximum atomic E-state index is 14.6. The summed E-state index contributed by atoms with van der Waals surface area (Å²) in [5.41, 5.74) is -0.985. The van der Waals surface area contributed by atoms with E-state index in [0.717, 1.165) is 51.4 Å². The van der Waals surface area contributed by atoms with E-state index in [1.165, 1.54) is 6.42 Å². The summed E-state index contributed by atoms with van der Waals surface area (Å²) in [6, 6.07) is -3.29. The smallest absolute Gasteiger partial charge is 0.186 e. The fourth-order valence-electron chi connectivity index (χ4n) is 4.01. The minimum absolute atomic E-state index is 0.0502. The Hall–Kier alpha value is -0.250. The monoisotopic (exact) mass is 291 g/mol. The highest BCUT2D eigenvalue weighted by Gasteiger charge is 2.52. The first-order valence-corrected chi connectivity index (χ1v) is 8.31. The molecule has 1 heterocycles. The van der Waals surface area contributed by atoms with Gasteiger partial charge in [0.2, 0.25) is 0 Å². The summed E-state index contributed by atoms with van der Waals surface area (Å²) in [7, 11) is 0. The molecule has 2 aliphatic rings. The molecular formula is C16H28F3N. The van der Waals surface area contributed by atoms with Crippen LogP contribution in [0.3, 0.4) is 0 Å². The van der Waals surface area contributed by atoms with E-state index < -0.39 is 11.6 Å². The number of halogens is 3. The van der Waals surface area contributed by atoms with E-state index >= 15 is 0 Å². The van der Waals surface area contributed by atoms with Crippen LogP contribution in [0, 0.1) is 5.92 Å². The average Bonchev–Trinajstić information content (AvgIpc) is 2.35. The molecule has 0 spiro atoms. The Morgan fingerprint density at radius 2 is 1.30 bits per heavy atom. The Morgan fingerprint density at radius 3 is 1.95 bits per heavy atom. The summed E-state index contributed by atoms with van der Waals surface area (Å²) in [4.78, 5) is 0. The number of nitrogens with zero attached hydrogens (tertiary/aromatic N) is 1. The molecule has 1 nitrogen and oxygen atoms in total. The van der Waals surface area contributed by atoms with Crippen molar-refractivity contribution >= 4 is 0 Å². The molecule has 0 aromatic rings. The van der Waals surface area contributed by atoms with Crippen LogP contribution in [0.15, 0.2) is 0 Å². The van der Waals surface area contributed by atoms with Crippen LogP contribution in [0.5, 0.6) is 0 Å². The fraction of sp³-hybridized carbons (Fsp3) is 1.00. The molecule has 1 unspecified atom stereocenters. The summed E-state index contributed by atoms with van der Waals surface area (Å²) in [5.74, 6) is 0.0665. The molecule has 0 aromatic carbocycles. The van der Waals surface area contributed by atoms with Crippen LogP contribution in [-0.2, 0) is 0 Å². The first kappa shape index (κ1) is 16.1. The van der Waals surface area contributed by atoms with Gasteiger partial charge in [-0.05, 0) is 38.5 Å². The standard InChI is InChI=1S/C16H28F3N/c1-15(14-10-6-3-2-4-7-11-14)12-8-5-9-13-16(17,18)20(15)19/h14H,2-13H2,1H3. The molecule has 2 rings (SSSR count). The fourth-order valence-corrected chi connectivity index (χ4v) is 4.01. The third kappa shape index (κ3) is 3.49. The molecule has 118 valence electrons. The molecule has 0 radical (unpaired) electrons. The predicted octanol–water partition coefficient (Wildman–Crippen LogP) is 5.85. The van der Waals surface area contributed by atoms with Gasteiger partial charge in [-0.1, -0.05) is 50.1 Å². The van der Waals surface area contributed by atoms with E-state index in [2.05, 4.69) is 0 Å². The Labute approximate surface area is 120 Å². The maximum absolute atomic E-state index is 14.6. The second-order valence-electron chi connectivity index (χ2n) is 6.91. The number of rotatable bonds is 1.